The summed E-state index contributed by atoms with van der Waals surface area (Å²) in [5, 5.41) is 0. The number of ether oxygens (including phenoxy) is 1. The second kappa shape index (κ2) is 5.17. The van der Waals surface area contributed by atoms with Gasteiger partial charge in [-0.05, 0) is 23.8 Å². The number of anilines is 1. The average molecular weight is 267 g/mol. The van der Waals surface area contributed by atoms with E-state index in [-0.39, 0.29) is 12.5 Å². The van der Waals surface area contributed by atoms with Gasteiger partial charge in [0, 0.05) is 5.56 Å². The summed E-state index contributed by atoms with van der Waals surface area (Å²) in [7, 11) is 0. The van der Waals surface area contributed by atoms with Crippen molar-refractivity contribution in [2.24, 2.45) is 0 Å². The molecule has 100 valence electrons. The second-order valence-electron chi connectivity index (χ2n) is 4.60. The average Bonchev–Trinajstić information content (AvgIpc) is 2.51. The SMILES string of the molecule is O=Cc1ccc2c(c1)N(Cc1ccccc1)C(=O)CO2. The third-order valence-corrected chi connectivity index (χ3v) is 3.25. The maximum Gasteiger partial charge on any atom is 0.265 e. The fraction of sp³-hybridized carbons (Fsp3) is 0.125. The summed E-state index contributed by atoms with van der Waals surface area (Å²) in [6.45, 7) is 0.499. The van der Waals surface area contributed by atoms with E-state index in [1.165, 1.54) is 0 Å². The van der Waals surface area contributed by atoms with Crippen LogP contribution in [0.2, 0.25) is 0 Å². The zero-order valence-corrected chi connectivity index (χ0v) is 10.8. The molecule has 4 heteroatoms. The predicted octanol–water partition coefficient (Wildman–Crippen LogP) is 2.42. The molecule has 0 N–H and O–H groups in total. The summed E-state index contributed by atoms with van der Waals surface area (Å²) < 4.78 is 5.40. The maximum atomic E-state index is 12.1. The van der Waals surface area contributed by atoms with Gasteiger partial charge in [-0.25, -0.2) is 0 Å². The molecule has 0 saturated carbocycles. The molecule has 1 aliphatic rings. The molecule has 0 radical (unpaired) electrons. The Kier molecular flexibility index (Phi) is 3.21. The number of aldehydes is 1. The van der Waals surface area contributed by atoms with Crippen LogP contribution in [0.25, 0.3) is 0 Å². The van der Waals surface area contributed by atoms with E-state index in [1.54, 1.807) is 23.1 Å². The van der Waals surface area contributed by atoms with E-state index in [0.717, 1.165) is 11.8 Å². The van der Waals surface area contributed by atoms with E-state index >= 15 is 0 Å². The van der Waals surface area contributed by atoms with Crippen molar-refractivity contribution in [1.29, 1.82) is 0 Å². The molecule has 4 nitrogen and oxygen atoms in total. The summed E-state index contributed by atoms with van der Waals surface area (Å²) in [5.74, 6) is 0.524. The molecule has 20 heavy (non-hydrogen) atoms. The first kappa shape index (κ1) is 12.4. The summed E-state index contributed by atoms with van der Waals surface area (Å²) in [6.07, 6.45) is 0.764. The lowest BCUT2D eigenvalue weighted by Crippen LogP contribution is -2.38. The smallest absolute Gasteiger partial charge is 0.265 e. The fourth-order valence-electron chi connectivity index (χ4n) is 2.23. The Bertz CT molecular complexity index is 652. The van der Waals surface area contributed by atoms with Crippen molar-refractivity contribution >= 4 is 17.9 Å². The van der Waals surface area contributed by atoms with E-state index in [2.05, 4.69) is 0 Å². The third kappa shape index (κ3) is 2.28. The zero-order valence-electron chi connectivity index (χ0n) is 10.8. The minimum absolute atomic E-state index is 0.0280. The van der Waals surface area contributed by atoms with Crippen molar-refractivity contribution in [3.8, 4) is 5.75 Å². The number of hydrogen-bond donors (Lipinski definition) is 0. The van der Waals surface area contributed by atoms with Crippen LogP contribution in [0, 0.1) is 0 Å². The van der Waals surface area contributed by atoms with Gasteiger partial charge in [-0.1, -0.05) is 30.3 Å². The van der Waals surface area contributed by atoms with Gasteiger partial charge in [0.15, 0.2) is 6.61 Å². The van der Waals surface area contributed by atoms with E-state index < -0.39 is 0 Å². The highest BCUT2D eigenvalue weighted by atomic mass is 16.5. The fourth-order valence-corrected chi connectivity index (χ4v) is 2.23. The van der Waals surface area contributed by atoms with Gasteiger partial charge in [-0.3, -0.25) is 9.59 Å². The van der Waals surface area contributed by atoms with E-state index in [1.807, 2.05) is 30.3 Å². The molecule has 3 rings (SSSR count). The van der Waals surface area contributed by atoms with Crippen LogP contribution in [0.15, 0.2) is 48.5 Å². The number of rotatable bonds is 3. The standard InChI is InChI=1S/C16H13NO3/c18-10-13-6-7-15-14(8-13)17(16(19)11-20-15)9-12-4-2-1-3-5-12/h1-8,10H,9,11H2. The second-order valence-corrected chi connectivity index (χ2v) is 4.60. The Balaban J connectivity index is 1.98. The molecule has 2 aromatic rings. The molecule has 0 aliphatic carbocycles. The lowest BCUT2D eigenvalue weighted by molar-refractivity contribution is -0.121. The largest absolute Gasteiger partial charge is 0.482 e. The molecule has 0 bridgehead atoms. The molecule has 1 heterocycles. The van der Waals surface area contributed by atoms with Gasteiger partial charge in [0.1, 0.15) is 12.0 Å². The molecule has 0 atom stereocenters. The van der Waals surface area contributed by atoms with Crippen LogP contribution in [0.4, 0.5) is 5.69 Å². The summed E-state index contributed by atoms with van der Waals surface area (Å²) in [5.41, 5.74) is 2.21. The number of benzene rings is 2. The number of nitrogens with zero attached hydrogens (tertiary/aromatic N) is 1. The highest BCUT2D eigenvalue weighted by Crippen LogP contribution is 2.33. The Morgan fingerprint density at radius 3 is 2.70 bits per heavy atom. The van der Waals surface area contributed by atoms with E-state index in [0.29, 0.717) is 23.5 Å². The predicted molar refractivity (Wildman–Crippen MR) is 75.0 cm³/mol. The summed E-state index contributed by atoms with van der Waals surface area (Å²) in [6, 6.07) is 14.8. The summed E-state index contributed by atoms with van der Waals surface area (Å²) >= 11 is 0. The Hall–Kier alpha value is -2.62. The summed E-state index contributed by atoms with van der Waals surface area (Å²) in [4.78, 5) is 24.6. The van der Waals surface area contributed by atoms with Crippen LogP contribution in [0.3, 0.4) is 0 Å². The lowest BCUT2D eigenvalue weighted by atomic mass is 10.1. The zero-order chi connectivity index (χ0) is 13.9. The van der Waals surface area contributed by atoms with Gasteiger partial charge in [-0.2, -0.15) is 0 Å². The molecule has 0 aromatic heterocycles. The number of hydrogen-bond acceptors (Lipinski definition) is 3. The first-order chi connectivity index (χ1) is 9.78. The van der Waals surface area contributed by atoms with Crippen LogP contribution in [-0.2, 0) is 11.3 Å². The molecule has 0 saturated heterocycles. The first-order valence-electron chi connectivity index (χ1n) is 6.34. The van der Waals surface area contributed by atoms with Crippen molar-refractivity contribution in [3.05, 3.63) is 59.7 Å². The number of amides is 1. The molecule has 1 amide bonds. The highest BCUT2D eigenvalue weighted by molar-refractivity contribution is 5.98. The normalized spacial score (nSPS) is 13.6. The van der Waals surface area contributed by atoms with E-state index in [4.69, 9.17) is 4.74 Å². The number of carbonyl (C=O) groups is 2. The van der Waals surface area contributed by atoms with Crippen LogP contribution in [0.1, 0.15) is 15.9 Å². The van der Waals surface area contributed by atoms with Crippen molar-refractivity contribution in [2.45, 2.75) is 6.54 Å². The van der Waals surface area contributed by atoms with Crippen LogP contribution in [-0.4, -0.2) is 18.8 Å². The van der Waals surface area contributed by atoms with Crippen molar-refractivity contribution in [2.75, 3.05) is 11.5 Å². The number of carbonyl (C=O) groups excluding carboxylic acids is 2. The Morgan fingerprint density at radius 1 is 1.15 bits per heavy atom. The number of fused-ring (bicyclic) bond motifs is 1. The minimum Gasteiger partial charge on any atom is -0.482 e. The van der Waals surface area contributed by atoms with Crippen molar-refractivity contribution in [3.63, 3.8) is 0 Å². The van der Waals surface area contributed by atoms with E-state index in [9.17, 15) is 9.59 Å². The first-order valence-corrected chi connectivity index (χ1v) is 6.34. The molecular weight excluding hydrogens is 254 g/mol. The lowest BCUT2D eigenvalue weighted by Gasteiger charge is -2.29. The van der Waals surface area contributed by atoms with Gasteiger partial charge in [0.2, 0.25) is 0 Å². The van der Waals surface area contributed by atoms with Crippen LogP contribution in [0.5, 0.6) is 5.75 Å². The van der Waals surface area contributed by atoms with Crippen molar-refractivity contribution < 1.29 is 14.3 Å². The minimum atomic E-state index is -0.107. The molecule has 0 fully saturated rings. The topological polar surface area (TPSA) is 46.6 Å². The van der Waals surface area contributed by atoms with Gasteiger partial charge in [0.05, 0.1) is 12.2 Å². The van der Waals surface area contributed by atoms with Gasteiger partial charge < -0.3 is 9.64 Å². The van der Waals surface area contributed by atoms with Gasteiger partial charge in [-0.15, -0.1) is 0 Å². The monoisotopic (exact) mass is 267 g/mol. The van der Waals surface area contributed by atoms with Gasteiger partial charge in [0.25, 0.3) is 5.91 Å². The Morgan fingerprint density at radius 2 is 1.95 bits per heavy atom. The molecule has 0 spiro atoms. The van der Waals surface area contributed by atoms with Crippen molar-refractivity contribution in [1.82, 2.24) is 0 Å². The van der Waals surface area contributed by atoms with Crippen LogP contribution >= 0.6 is 0 Å². The maximum absolute atomic E-state index is 12.1. The molecule has 2 aromatic carbocycles. The van der Waals surface area contributed by atoms with Gasteiger partial charge >= 0.3 is 0 Å². The Labute approximate surface area is 116 Å². The third-order valence-electron chi connectivity index (χ3n) is 3.25. The molecule has 0 unspecified atom stereocenters. The molecular formula is C16H13NO3. The highest BCUT2D eigenvalue weighted by Gasteiger charge is 2.25. The quantitative estimate of drug-likeness (QED) is 0.802. The molecule has 1 aliphatic heterocycles. The van der Waals surface area contributed by atoms with Crippen LogP contribution < -0.4 is 9.64 Å².